The fraction of sp³-hybridized carbons (Fsp3) is 0.500. The highest BCUT2D eigenvalue weighted by atomic mass is 32.1. The Morgan fingerprint density at radius 2 is 2.44 bits per heavy atom. The van der Waals surface area contributed by atoms with E-state index in [-0.39, 0.29) is 0 Å². The summed E-state index contributed by atoms with van der Waals surface area (Å²) in [5.74, 6) is 0. The van der Waals surface area contributed by atoms with E-state index in [2.05, 4.69) is 4.98 Å². The minimum atomic E-state index is -0.920. The van der Waals surface area contributed by atoms with Gasteiger partial charge in [-0.1, -0.05) is 0 Å². The molecular weight excluding hydrogens is 137 g/mol. The van der Waals surface area contributed by atoms with E-state index in [1.54, 1.807) is 5.51 Å². The lowest BCUT2D eigenvalue weighted by atomic mass is 10.3. The molecule has 0 aliphatic carbocycles. The van der Waals surface area contributed by atoms with Crippen LogP contribution < -0.4 is 0 Å². The summed E-state index contributed by atoms with van der Waals surface area (Å²) in [5.41, 5.74) is 2.25. The van der Waals surface area contributed by atoms with Crippen LogP contribution in [0.3, 0.4) is 0 Å². The lowest BCUT2D eigenvalue weighted by Gasteiger charge is -1.95. The van der Waals surface area contributed by atoms with Crippen molar-refractivity contribution in [3.05, 3.63) is 16.1 Å². The summed E-state index contributed by atoms with van der Waals surface area (Å²) >= 11 is 1.48. The normalized spacial score (nSPS) is 13.7. The predicted molar refractivity (Wildman–Crippen MR) is 36.4 cm³/mol. The Morgan fingerprint density at radius 3 is 2.67 bits per heavy atom. The number of aryl methyl sites for hydroxylation is 1. The van der Waals surface area contributed by atoms with Crippen LogP contribution in [0.15, 0.2) is 5.51 Å². The molecule has 0 aliphatic rings. The van der Waals surface area contributed by atoms with Crippen molar-refractivity contribution < 1.29 is 4.39 Å². The number of aromatic nitrogens is 1. The molecule has 9 heavy (non-hydrogen) atoms. The molecule has 0 bridgehead atoms. The van der Waals surface area contributed by atoms with Gasteiger partial charge >= 0.3 is 0 Å². The first-order valence-corrected chi connectivity index (χ1v) is 3.64. The average molecular weight is 145 g/mol. The second kappa shape index (κ2) is 2.43. The number of thiazole rings is 1. The average Bonchev–Trinajstić information content (AvgIpc) is 2.13. The number of halogens is 1. The molecule has 1 heterocycles. The van der Waals surface area contributed by atoms with E-state index in [0.29, 0.717) is 5.69 Å². The molecule has 50 valence electrons. The Labute approximate surface area is 57.6 Å². The highest BCUT2D eigenvalue weighted by Crippen LogP contribution is 2.20. The van der Waals surface area contributed by atoms with Gasteiger partial charge in [0.25, 0.3) is 0 Å². The fourth-order valence-corrected chi connectivity index (χ4v) is 1.36. The van der Waals surface area contributed by atoms with Crippen molar-refractivity contribution in [1.82, 2.24) is 4.98 Å². The second-order valence-electron chi connectivity index (χ2n) is 1.91. The van der Waals surface area contributed by atoms with Gasteiger partial charge < -0.3 is 0 Å². The zero-order valence-corrected chi connectivity index (χ0v) is 6.20. The molecule has 3 heteroatoms. The third kappa shape index (κ3) is 1.27. The van der Waals surface area contributed by atoms with E-state index < -0.39 is 6.17 Å². The molecule has 0 aromatic carbocycles. The Balaban J connectivity index is 2.94. The van der Waals surface area contributed by atoms with Crippen molar-refractivity contribution in [2.24, 2.45) is 0 Å². The largest absolute Gasteiger partial charge is 0.246 e. The van der Waals surface area contributed by atoms with Crippen molar-refractivity contribution in [1.29, 1.82) is 0 Å². The van der Waals surface area contributed by atoms with Gasteiger partial charge in [-0.05, 0) is 13.8 Å². The maximum atomic E-state index is 12.5. The van der Waals surface area contributed by atoms with Crippen molar-refractivity contribution >= 4 is 11.3 Å². The number of alkyl halides is 1. The Bertz CT molecular complexity index is 195. The molecule has 1 unspecified atom stereocenters. The maximum absolute atomic E-state index is 12.5. The van der Waals surface area contributed by atoms with Crippen LogP contribution in [0.5, 0.6) is 0 Å². The molecule has 0 N–H and O–H groups in total. The summed E-state index contributed by atoms with van der Waals surface area (Å²) in [6, 6.07) is 0. The minimum Gasteiger partial charge on any atom is -0.246 e. The number of nitrogens with zero attached hydrogens (tertiary/aromatic N) is 1. The van der Waals surface area contributed by atoms with Gasteiger partial charge in [0.1, 0.15) is 6.17 Å². The van der Waals surface area contributed by atoms with Crippen LogP contribution in [0.25, 0.3) is 0 Å². The van der Waals surface area contributed by atoms with Crippen LogP contribution in [-0.4, -0.2) is 4.98 Å². The Hall–Kier alpha value is -0.440. The van der Waals surface area contributed by atoms with Crippen molar-refractivity contribution in [2.75, 3.05) is 0 Å². The first-order valence-electron chi connectivity index (χ1n) is 2.76. The molecule has 1 aromatic rings. The van der Waals surface area contributed by atoms with Crippen molar-refractivity contribution in [3.63, 3.8) is 0 Å². The highest BCUT2D eigenvalue weighted by Gasteiger charge is 2.07. The van der Waals surface area contributed by atoms with E-state index in [4.69, 9.17) is 0 Å². The van der Waals surface area contributed by atoms with Gasteiger partial charge in [0.15, 0.2) is 0 Å². The third-order valence-electron chi connectivity index (χ3n) is 1.16. The van der Waals surface area contributed by atoms with Gasteiger partial charge in [0.05, 0.1) is 11.2 Å². The first kappa shape index (κ1) is 6.68. The quantitative estimate of drug-likeness (QED) is 0.591. The summed E-state index contributed by atoms with van der Waals surface area (Å²) in [4.78, 5) is 4.84. The topological polar surface area (TPSA) is 12.9 Å². The Morgan fingerprint density at radius 1 is 1.78 bits per heavy atom. The van der Waals surface area contributed by atoms with Gasteiger partial charge in [-0.3, -0.25) is 0 Å². The first-order chi connectivity index (χ1) is 4.22. The molecule has 1 nitrogen and oxygen atoms in total. The van der Waals surface area contributed by atoms with Crippen molar-refractivity contribution in [3.8, 4) is 0 Å². The summed E-state index contributed by atoms with van der Waals surface area (Å²) < 4.78 is 12.5. The van der Waals surface area contributed by atoms with Gasteiger partial charge in [-0.2, -0.15) is 0 Å². The van der Waals surface area contributed by atoms with E-state index in [1.165, 1.54) is 18.3 Å². The summed E-state index contributed by atoms with van der Waals surface area (Å²) in [6.07, 6.45) is -0.920. The SMILES string of the molecule is Cc1scnc1C(C)F. The highest BCUT2D eigenvalue weighted by molar-refractivity contribution is 7.09. The fourth-order valence-electron chi connectivity index (χ4n) is 0.696. The molecule has 1 aromatic heterocycles. The van der Waals surface area contributed by atoms with E-state index >= 15 is 0 Å². The molecule has 0 spiro atoms. The lowest BCUT2D eigenvalue weighted by Crippen LogP contribution is -1.86. The maximum Gasteiger partial charge on any atom is 0.140 e. The molecule has 0 saturated carbocycles. The van der Waals surface area contributed by atoms with Crippen LogP contribution >= 0.6 is 11.3 Å². The second-order valence-corrected chi connectivity index (χ2v) is 2.97. The smallest absolute Gasteiger partial charge is 0.140 e. The molecule has 0 radical (unpaired) electrons. The van der Waals surface area contributed by atoms with Crippen LogP contribution in [-0.2, 0) is 0 Å². The number of rotatable bonds is 1. The zero-order valence-electron chi connectivity index (χ0n) is 5.39. The molecule has 0 saturated heterocycles. The molecule has 1 rings (SSSR count). The van der Waals surface area contributed by atoms with Gasteiger partial charge in [0, 0.05) is 4.88 Å². The van der Waals surface area contributed by atoms with Gasteiger partial charge in [-0.15, -0.1) is 11.3 Å². The van der Waals surface area contributed by atoms with Crippen LogP contribution in [0.1, 0.15) is 23.7 Å². The monoisotopic (exact) mass is 145 g/mol. The van der Waals surface area contributed by atoms with E-state index in [9.17, 15) is 4.39 Å². The summed E-state index contributed by atoms with van der Waals surface area (Å²) in [5, 5.41) is 0. The van der Waals surface area contributed by atoms with E-state index in [0.717, 1.165) is 4.88 Å². The van der Waals surface area contributed by atoms with Crippen LogP contribution in [0.4, 0.5) is 4.39 Å². The predicted octanol–water partition coefficient (Wildman–Crippen LogP) is 2.48. The van der Waals surface area contributed by atoms with Crippen molar-refractivity contribution in [2.45, 2.75) is 20.0 Å². The third-order valence-corrected chi connectivity index (χ3v) is 1.93. The molecule has 0 aliphatic heterocycles. The number of hydrogen-bond acceptors (Lipinski definition) is 2. The Kier molecular flexibility index (Phi) is 1.81. The summed E-state index contributed by atoms with van der Waals surface area (Å²) in [6.45, 7) is 3.38. The van der Waals surface area contributed by atoms with Gasteiger partial charge in [0.2, 0.25) is 0 Å². The summed E-state index contributed by atoms with van der Waals surface area (Å²) in [7, 11) is 0. The standard InChI is InChI=1S/C6H8FNS/c1-4(7)6-5(2)9-3-8-6/h3-4H,1-2H3. The van der Waals surface area contributed by atoms with Gasteiger partial charge in [-0.25, -0.2) is 9.37 Å². The van der Waals surface area contributed by atoms with Crippen LogP contribution in [0.2, 0.25) is 0 Å². The minimum absolute atomic E-state index is 0.583. The molecule has 1 atom stereocenters. The van der Waals surface area contributed by atoms with E-state index in [1.807, 2.05) is 6.92 Å². The number of hydrogen-bond donors (Lipinski definition) is 0. The van der Waals surface area contributed by atoms with Crippen LogP contribution in [0, 0.1) is 6.92 Å². The molecular formula is C6H8FNS. The zero-order chi connectivity index (χ0) is 6.85. The lowest BCUT2D eigenvalue weighted by molar-refractivity contribution is 0.366. The molecule has 0 fully saturated rings. The molecule has 0 amide bonds.